The van der Waals surface area contributed by atoms with Gasteiger partial charge in [0.15, 0.2) is 0 Å². The van der Waals surface area contributed by atoms with Crippen LogP contribution in [0, 0.1) is 36.5 Å². The molecule has 0 aromatic heterocycles. The molecule has 8 atom stereocenters. The highest BCUT2D eigenvalue weighted by atomic mass is 16.2. The van der Waals surface area contributed by atoms with Crippen LogP contribution in [0.3, 0.4) is 0 Å². The summed E-state index contributed by atoms with van der Waals surface area (Å²) in [5.74, 6) is 1.48. The number of aryl methyl sites for hydroxylation is 2. The van der Waals surface area contributed by atoms with E-state index < -0.39 is 6.04 Å². The third-order valence-corrected chi connectivity index (χ3v) is 11.4. The first-order chi connectivity index (χ1) is 21.0. The van der Waals surface area contributed by atoms with Gasteiger partial charge >= 0.3 is 0 Å². The SMILES string of the molecule is CCc1cc(C)c(NC2CC(=O)N(C3CCC(CC4CCC(N5C(=O)CC(C)C5=O)C(C)C4)CC3C)C2=O)c(CC)c1NC. The largest absolute Gasteiger partial charge is 0.388 e. The van der Waals surface area contributed by atoms with E-state index in [1.54, 1.807) is 9.80 Å². The van der Waals surface area contributed by atoms with Crippen molar-refractivity contribution in [3.8, 4) is 0 Å². The van der Waals surface area contributed by atoms with Crippen LogP contribution in [0.25, 0.3) is 0 Å². The molecule has 44 heavy (non-hydrogen) atoms. The number of nitrogens with zero attached hydrogens (tertiary/aromatic N) is 2. The Labute approximate surface area is 264 Å². The molecule has 0 spiro atoms. The number of imide groups is 2. The van der Waals surface area contributed by atoms with E-state index in [0.717, 1.165) is 74.7 Å². The molecule has 242 valence electrons. The van der Waals surface area contributed by atoms with Crippen molar-refractivity contribution in [2.45, 2.75) is 130 Å². The topological polar surface area (TPSA) is 98.8 Å². The van der Waals surface area contributed by atoms with Crippen molar-refractivity contribution in [1.82, 2.24) is 9.80 Å². The number of amides is 4. The highest BCUT2D eigenvalue weighted by Gasteiger charge is 2.47. The molecule has 2 aliphatic heterocycles. The lowest BCUT2D eigenvalue weighted by molar-refractivity contribution is -0.145. The molecule has 2 aliphatic carbocycles. The van der Waals surface area contributed by atoms with E-state index in [9.17, 15) is 19.2 Å². The molecule has 4 fully saturated rings. The highest BCUT2D eigenvalue weighted by molar-refractivity contribution is 6.07. The number of hydrogen-bond donors (Lipinski definition) is 2. The third-order valence-electron chi connectivity index (χ3n) is 11.4. The minimum atomic E-state index is -0.525. The van der Waals surface area contributed by atoms with Crippen molar-refractivity contribution in [1.29, 1.82) is 0 Å². The van der Waals surface area contributed by atoms with Crippen LogP contribution in [-0.4, -0.2) is 58.6 Å². The number of anilines is 2. The van der Waals surface area contributed by atoms with Gasteiger partial charge in [-0.15, -0.1) is 0 Å². The van der Waals surface area contributed by atoms with Gasteiger partial charge in [-0.05, 0) is 105 Å². The average Bonchev–Trinajstić information content (AvgIpc) is 3.40. The molecule has 5 rings (SSSR count). The van der Waals surface area contributed by atoms with Gasteiger partial charge in [-0.2, -0.15) is 0 Å². The number of rotatable bonds is 9. The van der Waals surface area contributed by atoms with Crippen molar-refractivity contribution in [2.75, 3.05) is 17.7 Å². The lowest BCUT2D eigenvalue weighted by Crippen LogP contribution is -2.48. The molecule has 8 unspecified atom stereocenters. The average molecular weight is 607 g/mol. The first kappa shape index (κ1) is 32.5. The summed E-state index contributed by atoms with van der Waals surface area (Å²) in [4.78, 5) is 55.4. The van der Waals surface area contributed by atoms with E-state index in [2.05, 4.69) is 51.3 Å². The zero-order chi connectivity index (χ0) is 31.9. The van der Waals surface area contributed by atoms with Crippen LogP contribution in [0.15, 0.2) is 6.07 Å². The Morgan fingerprint density at radius 1 is 0.773 bits per heavy atom. The molecule has 8 heteroatoms. The highest BCUT2D eigenvalue weighted by Crippen LogP contribution is 2.43. The fraction of sp³-hybridized carbons (Fsp3) is 0.722. The number of nitrogens with one attached hydrogen (secondary N) is 2. The molecular formula is C36H54N4O4. The van der Waals surface area contributed by atoms with Gasteiger partial charge in [0.1, 0.15) is 6.04 Å². The normalized spacial score (nSPS) is 33.0. The fourth-order valence-electron chi connectivity index (χ4n) is 9.20. The maximum absolute atomic E-state index is 13.8. The summed E-state index contributed by atoms with van der Waals surface area (Å²) in [6.45, 7) is 12.7. The predicted molar refractivity (Wildman–Crippen MR) is 174 cm³/mol. The van der Waals surface area contributed by atoms with Gasteiger partial charge in [-0.1, -0.05) is 40.7 Å². The quantitative estimate of drug-likeness (QED) is 0.330. The fourth-order valence-corrected chi connectivity index (χ4v) is 9.20. The van der Waals surface area contributed by atoms with Gasteiger partial charge in [0, 0.05) is 42.8 Å². The van der Waals surface area contributed by atoms with Gasteiger partial charge in [0.05, 0.1) is 6.42 Å². The summed E-state index contributed by atoms with van der Waals surface area (Å²) in [5.41, 5.74) is 5.66. The van der Waals surface area contributed by atoms with Crippen molar-refractivity contribution < 1.29 is 19.2 Å². The summed E-state index contributed by atoms with van der Waals surface area (Å²) >= 11 is 0. The van der Waals surface area contributed by atoms with Gasteiger partial charge in [-0.3, -0.25) is 29.0 Å². The number of carbonyl (C=O) groups excluding carboxylic acids is 4. The first-order valence-corrected chi connectivity index (χ1v) is 17.3. The van der Waals surface area contributed by atoms with Gasteiger partial charge in [0.2, 0.25) is 17.7 Å². The van der Waals surface area contributed by atoms with E-state index in [4.69, 9.17) is 0 Å². The standard InChI is InChI=1S/C36H54N4O4/c1-8-26-16-22(5)33(27(9-2)34(26)37-7)38-28-19-32(42)40(36(28)44)30-13-11-25(15-21(30)4)18-24-10-12-29(20(3)14-24)39-31(41)17-23(6)35(39)43/h16,20-21,23-25,28-30,37-38H,8-15,17-19H2,1-7H3. The maximum Gasteiger partial charge on any atom is 0.252 e. The smallest absolute Gasteiger partial charge is 0.252 e. The number of likely N-dealkylation sites (tertiary alicyclic amines) is 2. The molecule has 4 amide bonds. The summed E-state index contributed by atoms with van der Waals surface area (Å²) in [7, 11) is 1.95. The molecule has 2 saturated carbocycles. The minimum Gasteiger partial charge on any atom is -0.388 e. The monoisotopic (exact) mass is 606 g/mol. The van der Waals surface area contributed by atoms with Crippen molar-refractivity contribution in [3.05, 3.63) is 22.8 Å². The van der Waals surface area contributed by atoms with Crippen molar-refractivity contribution >= 4 is 35.0 Å². The Morgan fingerprint density at radius 3 is 1.82 bits per heavy atom. The zero-order valence-electron chi connectivity index (χ0n) is 28.0. The molecule has 8 nitrogen and oxygen atoms in total. The molecule has 0 radical (unpaired) electrons. The molecular weight excluding hydrogens is 552 g/mol. The molecule has 1 aromatic carbocycles. The molecule has 0 bridgehead atoms. The second-order valence-electron chi connectivity index (χ2n) is 14.4. The van der Waals surface area contributed by atoms with Gasteiger partial charge < -0.3 is 10.6 Å². The Bertz CT molecular complexity index is 1290. The van der Waals surface area contributed by atoms with Crippen LogP contribution in [-0.2, 0) is 32.0 Å². The predicted octanol–water partition coefficient (Wildman–Crippen LogP) is 6.10. The Kier molecular flexibility index (Phi) is 9.76. The summed E-state index contributed by atoms with van der Waals surface area (Å²) in [6.07, 6.45) is 9.41. The minimum absolute atomic E-state index is 0.00597. The van der Waals surface area contributed by atoms with E-state index in [-0.39, 0.29) is 54.0 Å². The van der Waals surface area contributed by atoms with Crippen LogP contribution in [0.2, 0.25) is 0 Å². The summed E-state index contributed by atoms with van der Waals surface area (Å²) < 4.78 is 0. The molecule has 1 aromatic rings. The summed E-state index contributed by atoms with van der Waals surface area (Å²) in [5, 5.41) is 6.89. The van der Waals surface area contributed by atoms with E-state index in [1.165, 1.54) is 11.1 Å². The molecule has 2 heterocycles. The van der Waals surface area contributed by atoms with Crippen molar-refractivity contribution in [2.24, 2.45) is 29.6 Å². The van der Waals surface area contributed by atoms with Crippen LogP contribution < -0.4 is 10.6 Å². The van der Waals surface area contributed by atoms with Gasteiger partial charge in [0.25, 0.3) is 5.91 Å². The van der Waals surface area contributed by atoms with Gasteiger partial charge in [-0.25, -0.2) is 0 Å². The van der Waals surface area contributed by atoms with E-state index in [0.29, 0.717) is 24.2 Å². The maximum atomic E-state index is 13.8. The second kappa shape index (κ2) is 13.2. The Balaban J connectivity index is 1.18. The second-order valence-corrected chi connectivity index (χ2v) is 14.4. The van der Waals surface area contributed by atoms with Crippen LogP contribution in [0.5, 0.6) is 0 Å². The number of benzene rings is 1. The Morgan fingerprint density at radius 2 is 1.34 bits per heavy atom. The van der Waals surface area contributed by atoms with E-state index in [1.807, 2.05) is 14.0 Å². The molecule has 2 saturated heterocycles. The lowest BCUT2D eigenvalue weighted by atomic mass is 9.70. The van der Waals surface area contributed by atoms with E-state index >= 15 is 0 Å². The van der Waals surface area contributed by atoms with Crippen molar-refractivity contribution in [3.63, 3.8) is 0 Å². The third kappa shape index (κ3) is 6.02. The molecule has 2 N–H and O–H groups in total. The molecule has 4 aliphatic rings. The van der Waals surface area contributed by atoms with Crippen LogP contribution in [0.1, 0.15) is 109 Å². The first-order valence-electron chi connectivity index (χ1n) is 17.3. The van der Waals surface area contributed by atoms with Crippen LogP contribution in [0.4, 0.5) is 11.4 Å². The van der Waals surface area contributed by atoms with Crippen LogP contribution >= 0.6 is 0 Å². The zero-order valence-corrected chi connectivity index (χ0v) is 28.0. The number of hydrogen-bond acceptors (Lipinski definition) is 6. The summed E-state index contributed by atoms with van der Waals surface area (Å²) in [6, 6.07) is 1.67. The Hall–Kier alpha value is -2.90. The lowest BCUT2D eigenvalue weighted by Gasteiger charge is -2.42. The number of carbonyl (C=O) groups is 4.